The van der Waals surface area contributed by atoms with Crippen molar-refractivity contribution in [3.05, 3.63) is 65.5 Å². The van der Waals surface area contributed by atoms with Crippen LogP contribution < -0.4 is 5.73 Å². The van der Waals surface area contributed by atoms with Crippen LogP contribution in [0.2, 0.25) is 0 Å². The van der Waals surface area contributed by atoms with Gasteiger partial charge in [-0.05, 0) is 36.8 Å². The third kappa shape index (κ3) is 2.88. The smallest absolute Gasteiger partial charge is 0.182 e. The van der Waals surface area contributed by atoms with Crippen molar-refractivity contribution in [3.8, 4) is 0 Å². The van der Waals surface area contributed by atoms with E-state index in [0.717, 1.165) is 5.56 Å². The molecule has 2 aromatic rings. The average molecular weight is 349 g/mol. The Hall–Kier alpha value is -1.79. The molecule has 0 amide bonds. The molecule has 3 atom stereocenters. The van der Waals surface area contributed by atoms with Crippen LogP contribution in [-0.4, -0.2) is 18.7 Å². The van der Waals surface area contributed by atoms with Gasteiger partial charge in [0.15, 0.2) is 9.84 Å². The molecule has 3 nitrogen and oxygen atoms in total. The van der Waals surface area contributed by atoms with E-state index in [0.29, 0.717) is 5.56 Å². The molecule has 2 aromatic carbocycles. The minimum atomic E-state index is -3.58. The highest BCUT2D eigenvalue weighted by atomic mass is 32.2. The minimum Gasteiger partial charge on any atom is -0.393 e. The molecular weight excluding hydrogens is 333 g/mol. The first-order chi connectivity index (χ1) is 10.8. The van der Waals surface area contributed by atoms with Gasteiger partial charge in [-0.3, -0.25) is 0 Å². The summed E-state index contributed by atoms with van der Waals surface area (Å²) in [5.74, 6) is -1.25. The molecule has 0 aromatic heterocycles. The van der Waals surface area contributed by atoms with Gasteiger partial charge in [0.05, 0.1) is 15.1 Å². The van der Waals surface area contributed by atoms with Crippen LogP contribution >= 0.6 is 12.2 Å². The van der Waals surface area contributed by atoms with Crippen molar-refractivity contribution < 1.29 is 12.8 Å². The molecule has 0 spiro atoms. The standard InChI is InChI=1S/C17H16FNO2S2/c1-10-5-7-13(8-6-10)23(20,21)16-14(15(16)17(19)22)11-3-2-4-12(18)9-11/h2-9,14-16H,1H3,(H2,19,22)/t14-,15-,16-/m0/s1. The predicted molar refractivity (Wildman–Crippen MR) is 91.6 cm³/mol. The lowest BCUT2D eigenvalue weighted by Gasteiger charge is -2.05. The first-order valence-corrected chi connectivity index (χ1v) is 9.13. The van der Waals surface area contributed by atoms with Crippen LogP contribution in [0.1, 0.15) is 17.0 Å². The van der Waals surface area contributed by atoms with Gasteiger partial charge in [0, 0.05) is 11.8 Å². The summed E-state index contributed by atoms with van der Waals surface area (Å²) in [7, 11) is -3.58. The quantitative estimate of drug-likeness (QED) is 0.862. The van der Waals surface area contributed by atoms with E-state index in [-0.39, 0.29) is 9.88 Å². The van der Waals surface area contributed by atoms with Gasteiger partial charge in [-0.2, -0.15) is 0 Å². The molecule has 0 aliphatic heterocycles. The maximum Gasteiger partial charge on any atom is 0.182 e. The molecule has 3 rings (SSSR count). The number of hydrogen-bond acceptors (Lipinski definition) is 3. The molecule has 0 heterocycles. The lowest BCUT2D eigenvalue weighted by Crippen LogP contribution is -2.17. The van der Waals surface area contributed by atoms with Gasteiger partial charge in [0.1, 0.15) is 5.82 Å². The van der Waals surface area contributed by atoms with E-state index in [2.05, 4.69) is 0 Å². The topological polar surface area (TPSA) is 60.2 Å². The Balaban J connectivity index is 2.00. The molecule has 1 fully saturated rings. The Morgan fingerprint density at radius 1 is 1.17 bits per heavy atom. The normalized spacial score (nSPS) is 23.5. The van der Waals surface area contributed by atoms with Crippen molar-refractivity contribution in [3.63, 3.8) is 0 Å². The van der Waals surface area contributed by atoms with Gasteiger partial charge >= 0.3 is 0 Å². The Bertz CT molecular complexity index is 862. The Kier molecular flexibility index (Phi) is 3.98. The van der Waals surface area contributed by atoms with Gasteiger partial charge in [0.25, 0.3) is 0 Å². The summed E-state index contributed by atoms with van der Waals surface area (Å²) in [4.78, 5) is 0.396. The summed E-state index contributed by atoms with van der Waals surface area (Å²) in [6, 6.07) is 12.6. The van der Waals surface area contributed by atoms with Gasteiger partial charge in [-0.1, -0.05) is 42.0 Å². The summed E-state index contributed by atoms with van der Waals surface area (Å²) in [5, 5.41) is -0.732. The molecule has 120 valence electrons. The molecule has 2 N–H and O–H groups in total. The van der Waals surface area contributed by atoms with E-state index >= 15 is 0 Å². The average Bonchev–Trinajstić information content (AvgIpc) is 3.24. The van der Waals surface area contributed by atoms with E-state index in [1.807, 2.05) is 6.92 Å². The van der Waals surface area contributed by atoms with E-state index in [9.17, 15) is 12.8 Å². The molecule has 0 unspecified atom stereocenters. The number of halogens is 1. The van der Waals surface area contributed by atoms with Crippen molar-refractivity contribution in [1.29, 1.82) is 0 Å². The highest BCUT2D eigenvalue weighted by Crippen LogP contribution is 2.54. The van der Waals surface area contributed by atoms with E-state index in [1.165, 1.54) is 12.1 Å². The Labute approximate surface area is 140 Å². The van der Waals surface area contributed by atoms with Crippen molar-refractivity contribution in [2.75, 3.05) is 0 Å². The van der Waals surface area contributed by atoms with E-state index in [1.54, 1.807) is 36.4 Å². The number of sulfone groups is 1. The number of hydrogen-bond donors (Lipinski definition) is 1. The summed E-state index contributed by atoms with van der Waals surface area (Å²) >= 11 is 5.03. The zero-order chi connectivity index (χ0) is 16.8. The second kappa shape index (κ2) is 5.69. The second-order valence-electron chi connectivity index (χ2n) is 5.83. The fourth-order valence-electron chi connectivity index (χ4n) is 3.00. The van der Waals surface area contributed by atoms with Crippen LogP contribution in [0.25, 0.3) is 0 Å². The third-order valence-corrected chi connectivity index (χ3v) is 6.73. The van der Waals surface area contributed by atoms with E-state index < -0.39 is 32.7 Å². The minimum absolute atomic E-state index is 0.153. The summed E-state index contributed by atoms with van der Waals surface area (Å²) in [6.07, 6.45) is 0. The van der Waals surface area contributed by atoms with Gasteiger partial charge in [0.2, 0.25) is 0 Å². The number of thiocarbonyl (C=S) groups is 1. The fraction of sp³-hybridized carbons (Fsp3) is 0.235. The van der Waals surface area contributed by atoms with Crippen LogP contribution in [0, 0.1) is 18.7 Å². The zero-order valence-corrected chi connectivity index (χ0v) is 14.1. The summed E-state index contributed by atoms with van der Waals surface area (Å²) < 4.78 is 39.2. The lowest BCUT2D eigenvalue weighted by molar-refractivity contribution is 0.593. The monoisotopic (exact) mass is 349 g/mol. The maximum atomic E-state index is 13.5. The highest BCUT2D eigenvalue weighted by molar-refractivity contribution is 7.92. The summed E-state index contributed by atoms with van der Waals surface area (Å²) in [5.41, 5.74) is 7.32. The number of rotatable bonds is 4. The van der Waals surface area contributed by atoms with Crippen molar-refractivity contribution in [2.45, 2.75) is 23.0 Å². The molecule has 1 aliphatic rings. The predicted octanol–water partition coefficient (Wildman–Crippen LogP) is 2.98. The lowest BCUT2D eigenvalue weighted by atomic mass is 10.1. The fourth-order valence-corrected chi connectivity index (χ4v) is 5.54. The molecule has 23 heavy (non-hydrogen) atoms. The summed E-state index contributed by atoms with van der Waals surface area (Å²) in [6.45, 7) is 1.89. The van der Waals surface area contributed by atoms with Crippen LogP contribution in [-0.2, 0) is 9.84 Å². The zero-order valence-electron chi connectivity index (χ0n) is 12.4. The van der Waals surface area contributed by atoms with Gasteiger partial charge in [-0.15, -0.1) is 0 Å². The van der Waals surface area contributed by atoms with Gasteiger partial charge < -0.3 is 5.73 Å². The SMILES string of the molecule is Cc1ccc(S(=O)(=O)[C@@H]2[C@@H](C(N)=S)[C@@H]2c2cccc(F)c2)cc1. The van der Waals surface area contributed by atoms with Crippen molar-refractivity contribution in [1.82, 2.24) is 0 Å². The Morgan fingerprint density at radius 2 is 1.83 bits per heavy atom. The second-order valence-corrected chi connectivity index (χ2v) is 8.41. The molecule has 1 aliphatic carbocycles. The van der Waals surface area contributed by atoms with Crippen molar-refractivity contribution >= 4 is 27.0 Å². The first-order valence-electron chi connectivity index (χ1n) is 7.18. The number of nitrogens with two attached hydrogens (primary N) is 1. The molecule has 0 saturated heterocycles. The third-order valence-electron chi connectivity index (χ3n) is 4.22. The van der Waals surface area contributed by atoms with Crippen LogP contribution in [0.5, 0.6) is 0 Å². The first kappa shape index (κ1) is 16.1. The highest BCUT2D eigenvalue weighted by Gasteiger charge is 2.60. The number of aryl methyl sites for hydroxylation is 1. The molecule has 0 bridgehead atoms. The molecule has 1 saturated carbocycles. The number of benzene rings is 2. The van der Waals surface area contributed by atoms with Gasteiger partial charge in [-0.25, -0.2) is 12.8 Å². The maximum absolute atomic E-state index is 13.5. The van der Waals surface area contributed by atoms with Crippen LogP contribution in [0.3, 0.4) is 0 Å². The largest absolute Gasteiger partial charge is 0.393 e. The van der Waals surface area contributed by atoms with E-state index in [4.69, 9.17) is 18.0 Å². The Morgan fingerprint density at radius 3 is 2.39 bits per heavy atom. The molecule has 0 radical (unpaired) electrons. The molecule has 6 heteroatoms. The van der Waals surface area contributed by atoms with Crippen LogP contribution in [0.4, 0.5) is 4.39 Å². The molecular formula is C17H16FNO2S2. The van der Waals surface area contributed by atoms with Crippen molar-refractivity contribution in [2.24, 2.45) is 11.7 Å². The van der Waals surface area contributed by atoms with Crippen LogP contribution in [0.15, 0.2) is 53.4 Å².